The highest BCUT2D eigenvalue weighted by Gasteiger charge is 2.46. The minimum Gasteiger partial charge on any atom is -0.383 e. The predicted molar refractivity (Wildman–Crippen MR) is 126 cm³/mol. The zero-order valence-electron chi connectivity index (χ0n) is 18.8. The highest BCUT2D eigenvalue weighted by atomic mass is 19.1. The van der Waals surface area contributed by atoms with Crippen LogP contribution in [0.2, 0.25) is 0 Å². The van der Waals surface area contributed by atoms with Gasteiger partial charge in [0.1, 0.15) is 5.82 Å². The first-order valence-electron chi connectivity index (χ1n) is 11.5. The summed E-state index contributed by atoms with van der Waals surface area (Å²) in [6.45, 7) is 2.68. The van der Waals surface area contributed by atoms with Crippen LogP contribution in [0.5, 0.6) is 0 Å². The summed E-state index contributed by atoms with van der Waals surface area (Å²) >= 11 is 0. The Balaban J connectivity index is 1.72. The molecule has 0 radical (unpaired) electrons. The summed E-state index contributed by atoms with van der Waals surface area (Å²) in [7, 11) is 0. The van der Waals surface area contributed by atoms with E-state index in [1.807, 2.05) is 30.3 Å². The molecule has 172 valence electrons. The molecule has 2 amide bonds. The summed E-state index contributed by atoms with van der Waals surface area (Å²) < 4.78 is 13.1. The van der Waals surface area contributed by atoms with Gasteiger partial charge in [-0.1, -0.05) is 62.4 Å². The van der Waals surface area contributed by atoms with Gasteiger partial charge in [0, 0.05) is 18.8 Å². The molecule has 6 heteroatoms. The van der Waals surface area contributed by atoms with Crippen molar-refractivity contribution in [1.82, 2.24) is 5.32 Å². The molecule has 32 heavy (non-hydrogen) atoms. The number of halogens is 1. The first kappa shape index (κ1) is 23.8. The molecule has 2 aromatic carbocycles. The van der Waals surface area contributed by atoms with Gasteiger partial charge >= 0.3 is 0 Å². The van der Waals surface area contributed by atoms with Crippen LogP contribution in [0.4, 0.5) is 10.1 Å². The number of nitrogens with one attached hydrogen (secondary N) is 2. The first-order valence-corrected chi connectivity index (χ1v) is 11.5. The Morgan fingerprint density at radius 1 is 1.03 bits per heavy atom. The topological polar surface area (TPSA) is 84.2 Å². The second kappa shape index (κ2) is 11.1. The second-order valence-electron chi connectivity index (χ2n) is 8.95. The normalized spacial score (nSPS) is 17.2. The average molecular weight is 440 g/mol. The molecule has 0 saturated heterocycles. The van der Waals surface area contributed by atoms with Gasteiger partial charge in [-0.25, -0.2) is 4.39 Å². The zero-order valence-corrected chi connectivity index (χ0v) is 18.8. The third-order valence-corrected chi connectivity index (χ3v) is 6.79. The Labute approximate surface area is 190 Å². The van der Waals surface area contributed by atoms with E-state index in [9.17, 15) is 14.0 Å². The summed E-state index contributed by atoms with van der Waals surface area (Å²) in [6, 6.07) is 15.5. The lowest BCUT2D eigenvalue weighted by Gasteiger charge is -2.37. The maximum absolute atomic E-state index is 13.4. The Kier molecular flexibility index (Phi) is 8.26. The minimum absolute atomic E-state index is 0.151. The van der Waals surface area contributed by atoms with Crippen LogP contribution in [0, 0.1) is 17.7 Å². The fourth-order valence-electron chi connectivity index (χ4n) is 4.74. The number of benzene rings is 2. The third kappa shape index (κ3) is 5.87. The summed E-state index contributed by atoms with van der Waals surface area (Å²) in [5, 5.41) is 6.17. The first-order chi connectivity index (χ1) is 15.4. The van der Waals surface area contributed by atoms with E-state index < -0.39 is 17.2 Å². The van der Waals surface area contributed by atoms with Gasteiger partial charge in [0.2, 0.25) is 11.8 Å². The van der Waals surface area contributed by atoms with Crippen LogP contribution in [-0.4, -0.2) is 24.9 Å². The quantitative estimate of drug-likeness (QED) is 0.480. The van der Waals surface area contributed by atoms with Crippen molar-refractivity contribution in [3.8, 4) is 0 Å². The number of anilines is 1. The summed E-state index contributed by atoms with van der Waals surface area (Å²) in [5.74, 6) is -1.05. The van der Waals surface area contributed by atoms with E-state index in [0.29, 0.717) is 25.4 Å². The molecule has 0 heterocycles. The SMILES string of the molecule is C[C@@](C(N)=O)(c1ccccc1)C(CC1CCCCC1)C(=O)NCCNc1ccc(F)cc1. The van der Waals surface area contributed by atoms with E-state index >= 15 is 0 Å². The largest absolute Gasteiger partial charge is 0.383 e. The van der Waals surface area contributed by atoms with Crippen LogP contribution in [-0.2, 0) is 15.0 Å². The van der Waals surface area contributed by atoms with Crippen LogP contribution in [0.15, 0.2) is 54.6 Å². The van der Waals surface area contributed by atoms with Crippen molar-refractivity contribution in [2.24, 2.45) is 17.6 Å². The number of nitrogens with two attached hydrogens (primary N) is 1. The zero-order chi connectivity index (χ0) is 23.0. The predicted octanol–water partition coefficient (Wildman–Crippen LogP) is 4.38. The molecule has 2 aromatic rings. The van der Waals surface area contributed by atoms with Gasteiger partial charge in [-0.05, 0) is 49.1 Å². The molecule has 3 rings (SSSR count). The molecule has 0 spiro atoms. The number of hydrogen-bond donors (Lipinski definition) is 3. The average Bonchev–Trinajstić information content (AvgIpc) is 2.82. The minimum atomic E-state index is -1.09. The molecular weight excluding hydrogens is 405 g/mol. The van der Waals surface area contributed by atoms with E-state index in [1.165, 1.54) is 31.4 Å². The molecule has 2 atom stereocenters. The lowest BCUT2D eigenvalue weighted by Crippen LogP contribution is -2.52. The summed E-state index contributed by atoms with van der Waals surface area (Å²) in [5.41, 5.74) is 6.39. The van der Waals surface area contributed by atoms with Gasteiger partial charge in [0.05, 0.1) is 11.3 Å². The Morgan fingerprint density at radius 3 is 2.31 bits per heavy atom. The van der Waals surface area contributed by atoms with E-state index in [1.54, 1.807) is 19.1 Å². The molecule has 1 unspecified atom stereocenters. The van der Waals surface area contributed by atoms with E-state index in [4.69, 9.17) is 5.73 Å². The van der Waals surface area contributed by atoms with Gasteiger partial charge in [-0.2, -0.15) is 0 Å². The Hall–Kier alpha value is -2.89. The molecule has 1 aliphatic rings. The maximum Gasteiger partial charge on any atom is 0.228 e. The summed E-state index contributed by atoms with van der Waals surface area (Å²) in [6.07, 6.45) is 6.37. The Bertz CT molecular complexity index is 882. The molecule has 0 bridgehead atoms. The van der Waals surface area contributed by atoms with Crippen LogP contribution >= 0.6 is 0 Å². The van der Waals surface area contributed by atoms with E-state index in [0.717, 1.165) is 24.1 Å². The highest BCUT2D eigenvalue weighted by Crippen LogP contribution is 2.39. The van der Waals surface area contributed by atoms with Crippen LogP contribution in [0.1, 0.15) is 51.0 Å². The standard InChI is InChI=1S/C26H34FN3O2/c1-26(25(28)32,20-10-6-3-7-11-20)23(18-19-8-4-2-5-9-19)24(31)30-17-16-29-22-14-12-21(27)13-15-22/h3,6-7,10-15,19,23,29H,2,4-5,8-9,16-18H2,1H3,(H2,28,32)(H,30,31)/t23?,26-/m1/s1. The number of carbonyl (C=O) groups excluding carboxylic acids is 2. The highest BCUT2D eigenvalue weighted by molar-refractivity contribution is 5.94. The molecule has 0 aromatic heterocycles. The molecule has 0 aliphatic heterocycles. The van der Waals surface area contributed by atoms with Crippen LogP contribution in [0.25, 0.3) is 0 Å². The van der Waals surface area contributed by atoms with Gasteiger partial charge < -0.3 is 16.4 Å². The monoisotopic (exact) mass is 439 g/mol. The van der Waals surface area contributed by atoms with Gasteiger partial charge in [0.15, 0.2) is 0 Å². The fourth-order valence-corrected chi connectivity index (χ4v) is 4.74. The Morgan fingerprint density at radius 2 is 1.69 bits per heavy atom. The lowest BCUT2D eigenvalue weighted by atomic mass is 9.66. The molecule has 4 N–H and O–H groups in total. The number of hydrogen-bond acceptors (Lipinski definition) is 3. The molecular formula is C26H34FN3O2. The number of amides is 2. The van der Waals surface area contributed by atoms with Crippen molar-refractivity contribution in [3.05, 3.63) is 66.0 Å². The van der Waals surface area contributed by atoms with Crippen LogP contribution in [0.3, 0.4) is 0 Å². The van der Waals surface area contributed by atoms with Crippen molar-refractivity contribution in [1.29, 1.82) is 0 Å². The van der Waals surface area contributed by atoms with Gasteiger partial charge in [-0.3, -0.25) is 9.59 Å². The molecule has 1 saturated carbocycles. The number of rotatable bonds is 10. The third-order valence-electron chi connectivity index (χ3n) is 6.79. The van der Waals surface area contributed by atoms with Gasteiger partial charge in [0.25, 0.3) is 0 Å². The summed E-state index contributed by atoms with van der Waals surface area (Å²) in [4.78, 5) is 26.2. The maximum atomic E-state index is 13.4. The van der Waals surface area contributed by atoms with Crippen molar-refractivity contribution < 1.29 is 14.0 Å². The second-order valence-corrected chi connectivity index (χ2v) is 8.95. The van der Waals surface area contributed by atoms with E-state index in [-0.39, 0.29) is 11.7 Å². The lowest BCUT2D eigenvalue weighted by molar-refractivity contribution is -0.135. The van der Waals surface area contributed by atoms with Crippen molar-refractivity contribution in [2.75, 3.05) is 18.4 Å². The van der Waals surface area contributed by atoms with Gasteiger partial charge in [-0.15, -0.1) is 0 Å². The molecule has 1 fully saturated rings. The number of carbonyl (C=O) groups is 2. The van der Waals surface area contributed by atoms with Crippen LogP contribution < -0.4 is 16.4 Å². The fraction of sp³-hybridized carbons (Fsp3) is 0.462. The van der Waals surface area contributed by atoms with Crippen molar-refractivity contribution >= 4 is 17.5 Å². The molecule has 5 nitrogen and oxygen atoms in total. The van der Waals surface area contributed by atoms with E-state index in [2.05, 4.69) is 10.6 Å². The van der Waals surface area contributed by atoms with Crippen molar-refractivity contribution in [3.63, 3.8) is 0 Å². The smallest absolute Gasteiger partial charge is 0.228 e. The van der Waals surface area contributed by atoms with Crippen molar-refractivity contribution in [2.45, 2.75) is 50.9 Å². The molecule has 1 aliphatic carbocycles. The number of primary amides is 1.